The number of rotatable bonds is 42. The third kappa shape index (κ3) is 42.4. The van der Waals surface area contributed by atoms with E-state index < -0.39 is 26.6 Å². The van der Waals surface area contributed by atoms with Crippen molar-refractivity contribution in [1.82, 2.24) is 5.32 Å². The molecule has 0 aromatic rings. The Bertz CT molecular complexity index is 1070. The Kier molecular flexibility index (Phi) is 38.8. The van der Waals surface area contributed by atoms with Crippen molar-refractivity contribution in [2.75, 3.05) is 40.9 Å². The molecule has 3 unspecified atom stereocenters. The van der Waals surface area contributed by atoms with Crippen LogP contribution in [-0.4, -0.2) is 68.5 Å². The first-order valence-corrected chi connectivity index (χ1v) is 25.0. The van der Waals surface area contributed by atoms with E-state index >= 15 is 0 Å². The minimum atomic E-state index is -4.59. The molecule has 9 heteroatoms. The van der Waals surface area contributed by atoms with Crippen LogP contribution in [0.3, 0.4) is 0 Å². The molecule has 0 aliphatic heterocycles. The number of allylic oxidation sites excluding steroid dienone is 7. The largest absolute Gasteiger partial charge is 0.756 e. The molecule has 0 saturated heterocycles. The van der Waals surface area contributed by atoms with Crippen LogP contribution >= 0.6 is 7.82 Å². The average Bonchev–Trinajstić information content (AvgIpc) is 3.16. The fourth-order valence-electron chi connectivity index (χ4n) is 6.49. The molecule has 0 spiro atoms. The van der Waals surface area contributed by atoms with Crippen LogP contribution in [0.1, 0.15) is 200 Å². The lowest BCUT2D eigenvalue weighted by Gasteiger charge is -2.29. The number of aliphatic hydroxyl groups excluding tert-OH is 1. The maximum atomic E-state index is 12.9. The third-order valence-electron chi connectivity index (χ3n) is 10.3. The van der Waals surface area contributed by atoms with Crippen molar-refractivity contribution in [3.63, 3.8) is 0 Å². The number of quaternary nitrogens is 1. The highest BCUT2D eigenvalue weighted by molar-refractivity contribution is 7.45. The van der Waals surface area contributed by atoms with E-state index in [1.807, 2.05) is 27.2 Å². The minimum Gasteiger partial charge on any atom is -0.756 e. The van der Waals surface area contributed by atoms with Crippen LogP contribution in [0.15, 0.2) is 48.6 Å². The number of unbranched alkanes of at least 4 members (excludes halogenated alkanes) is 23. The number of phosphoric ester groups is 1. The molecule has 1 amide bonds. The maximum Gasteiger partial charge on any atom is 0.268 e. The van der Waals surface area contributed by atoms with E-state index in [1.54, 1.807) is 6.08 Å². The van der Waals surface area contributed by atoms with E-state index in [9.17, 15) is 19.4 Å². The van der Waals surface area contributed by atoms with E-state index in [4.69, 9.17) is 9.05 Å². The minimum absolute atomic E-state index is 0.00781. The molecule has 0 bridgehead atoms. The molecule has 0 radical (unpaired) electrons. The molecule has 8 nitrogen and oxygen atoms in total. The molecule has 0 aromatic heterocycles. The Morgan fingerprint density at radius 3 is 1.53 bits per heavy atom. The summed E-state index contributed by atoms with van der Waals surface area (Å²) in [5.74, 6) is -0.212. The first kappa shape index (κ1) is 55.5. The molecule has 0 aromatic carbocycles. The normalized spacial score (nSPS) is 14.7. The Morgan fingerprint density at radius 1 is 0.614 bits per heavy atom. The number of nitrogens with one attached hydrogen (secondary N) is 1. The van der Waals surface area contributed by atoms with Gasteiger partial charge in [-0.25, -0.2) is 0 Å². The highest BCUT2D eigenvalue weighted by Gasteiger charge is 2.23. The Balaban J connectivity index is 4.30. The fourth-order valence-corrected chi connectivity index (χ4v) is 7.21. The zero-order valence-electron chi connectivity index (χ0n) is 37.8. The van der Waals surface area contributed by atoms with Gasteiger partial charge in [0.2, 0.25) is 5.91 Å². The van der Waals surface area contributed by atoms with Crippen molar-refractivity contribution in [2.24, 2.45) is 0 Å². The van der Waals surface area contributed by atoms with Gasteiger partial charge in [0.1, 0.15) is 13.2 Å². The van der Waals surface area contributed by atoms with E-state index in [0.717, 1.165) is 44.9 Å². The van der Waals surface area contributed by atoms with E-state index in [1.165, 1.54) is 135 Å². The second-order valence-corrected chi connectivity index (χ2v) is 18.5. The van der Waals surface area contributed by atoms with Gasteiger partial charge in [0.05, 0.1) is 39.9 Å². The van der Waals surface area contributed by atoms with Crippen LogP contribution in [0.2, 0.25) is 0 Å². The number of carbonyl (C=O) groups is 1. The van der Waals surface area contributed by atoms with E-state index in [-0.39, 0.29) is 12.5 Å². The second-order valence-electron chi connectivity index (χ2n) is 17.1. The summed E-state index contributed by atoms with van der Waals surface area (Å²) in [4.78, 5) is 25.3. The van der Waals surface area contributed by atoms with Crippen LogP contribution in [0.4, 0.5) is 0 Å². The summed E-state index contributed by atoms with van der Waals surface area (Å²) < 4.78 is 23.2. The van der Waals surface area contributed by atoms with Gasteiger partial charge in [0.15, 0.2) is 0 Å². The van der Waals surface area contributed by atoms with Crippen molar-refractivity contribution in [3.05, 3.63) is 48.6 Å². The van der Waals surface area contributed by atoms with Gasteiger partial charge < -0.3 is 28.8 Å². The lowest BCUT2D eigenvalue weighted by Crippen LogP contribution is -2.45. The van der Waals surface area contributed by atoms with Crippen LogP contribution in [0.5, 0.6) is 0 Å². The van der Waals surface area contributed by atoms with Crippen molar-refractivity contribution in [3.8, 4) is 0 Å². The highest BCUT2D eigenvalue weighted by atomic mass is 31.2. The average molecular weight is 823 g/mol. The van der Waals surface area contributed by atoms with Gasteiger partial charge in [0.25, 0.3) is 7.82 Å². The Labute approximate surface area is 352 Å². The number of likely N-dealkylation sites (N-methyl/N-ethyl adjacent to an activating group) is 1. The molecular formula is C48H91N2O6P. The van der Waals surface area contributed by atoms with Crippen LogP contribution in [-0.2, 0) is 18.4 Å². The number of carbonyl (C=O) groups excluding carboxylic acids is 1. The smallest absolute Gasteiger partial charge is 0.268 e. The maximum absolute atomic E-state index is 12.9. The van der Waals surface area contributed by atoms with Gasteiger partial charge in [-0.1, -0.05) is 178 Å². The lowest BCUT2D eigenvalue weighted by molar-refractivity contribution is -0.870. The van der Waals surface area contributed by atoms with Crippen molar-refractivity contribution >= 4 is 13.7 Å². The molecule has 2 N–H and O–H groups in total. The van der Waals surface area contributed by atoms with Gasteiger partial charge in [0, 0.05) is 6.42 Å². The SMILES string of the molecule is CCCCCCC/C=C\C/C=C\CCCCCCCCCCCCCC(=O)NC(COP(=O)([O-])OCC[N+](C)(C)C)C(O)/C=C/CC/C=C/CCCCCCCC. The summed E-state index contributed by atoms with van der Waals surface area (Å²) in [6.45, 7) is 4.59. The quantitative estimate of drug-likeness (QED) is 0.0275. The predicted octanol–water partition coefficient (Wildman–Crippen LogP) is 12.6. The molecule has 57 heavy (non-hydrogen) atoms. The molecule has 0 aliphatic carbocycles. The van der Waals surface area contributed by atoms with Crippen molar-refractivity contribution in [1.29, 1.82) is 0 Å². The second kappa shape index (κ2) is 39.9. The van der Waals surface area contributed by atoms with Crippen molar-refractivity contribution < 1.29 is 32.9 Å². The van der Waals surface area contributed by atoms with E-state index in [0.29, 0.717) is 17.4 Å². The fraction of sp³-hybridized carbons (Fsp3) is 0.812. The summed E-state index contributed by atoms with van der Waals surface area (Å²) in [7, 11) is 1.24. The summed E-state index contributed by atoms with van der Waals surface area (Å²) in [6.07, 6.45) is 50.2. The number of aliphatic hydroxyl groups is 1. The molecule has 0 aliphatic rings. The summed E-state index contributed by atoms with van der Waals surface area (Å²) in [5, 5.41) is 13.7. The summed E-state index contributed by atoms with van der Waals surface area (Å²) in [6, 6.07) is -0.903. The molecule has 0 saturated carbocycles. The third-order valence-corrected chi connectivity index (χ3v) is 11.2. The summed E-state index contributed by atoms with van der Waals surface area (Å²) >= 11 is 0. The van der Waals surface area contributed by atoms with Crippen LogP contribution in [0, 0.1) is 0 Å². The van der Waals surface area contributed by atoms with E-state index in [2.05, 4.69) is 55.6 Å². The predicted molar refractivity (Wildman–Crippen MR) is 242 cm³/mol. The molecular weight excluding hydrogens is 732 g/mol. The molecule has 334 valence electrons. The number of phosphoric acid groups is 1. The van der Waals surface area contributed by atoms with Crippen molar-refractivity contribution in [2.45, 2.75) is 212 Å². The number of hydrogen-bond acceptors (Lipinski definition) is 6. The molecule has 0 rings (SSSR count). The van der Waals surface area contributed by atoms with Gasteiger partial charge in [-0.15, -0.1) is 0 Å². The molecule has 3 atom stereocenters. The molecule has 0 fully saturated rings. The van der Waals surface area contributed by atoms with Gasteiger partial charge >= 0.3 is 0 Å². The van der Waals surface area contributed by atoms with Crippen LogP contribution in [0.25, 0.3) is 0 Å². The standard InChI is InChI=1S/C48H91N2O6P/c1-6-8-10-12-14-16-18-20-21-22-23-24-25-26-27-28-29-30-32-34-36-38-40-42-48(52)49-46(45-56-57(53,54)55-44-43-50(3,4)5)47(51)41-39-37-35-33-31-19-17-15-13-11-9-7-2/h18,20,22-23,31,33,39,41,46-47,51H,6-17,19,21,24-30,32,34-38,40,42-45H2,1-5H3,(H-,49,52,53,54)/b20-18-,23-22-,33-31+,41-39+. The Morgan fingerprint density at radius 2 is 1.04 bits per heavy atom. The zero-order valence-corrected chi connectivity index (χ0v) is 38.7. The van der Waals surface area contributed by atoms with Gasteiger partial charge in [-0.3, -0.25) is 9.36 Å². The topological polar surface area (TPSA) is 108 Å². The number of hydrogen-bond donors (Lipinski definition) is 2. The monoisotopic (exact) mass is 823 g/mol. The number of amides is 1. The van der Waals surface area contributed by atoms with Gasteiger partial charge in [-0.2, -0.15) is 0 Å². The van der Waals surface area contributed by atoms with Gasteiger partial charge in [-0.05, 0) is 64.2 Å². The number of nitrogens with zero attached hydrogens (tertiary/aromatic N) is 1. The zero-order chi connectivity index (χ0) is 42.1. The first-order chi connectivity index (χ1) is 27.5. The highest BCUT2D eigenvalue weighted by Crippen LogP contribution is 2.38. The lowest BCUT2D eigenvalue weighted by atomic mass is 10.0. The Hall–Kier alpha value is -1.54. The van der Waals surface area contributed by atoms with Crippen LogP contribution < -0.4 is 10.2 Å². The molecule has 0 heterocycles. The first-order valence-electron chi connectivity index (χ1n) is 23.5. The summed E-state index contributed by atoms with van der Waals surface area (Å²) in [5.41, 5.74) is 0.